The van der Waals surface area contributed by atoms with Crippen molar-refractivity contribution in [3.63, 3.8) is 0 Å². The Morgan fingerprint density at radius 2 is 1.58 bits per heavy atom. The lowest BCUT2D eigenvalue weighted by molar-refractivity contribution is -0.121. The van der Waals surface area contributed by atoms with Crippen molar-refractivity contribution >= 4 is 5.91 Å². The summed E-state index contributed by atoms with van der Waals surface area (Å²) in [6, 6.07) is 4.08. The molecule has 1 rings (SSSR count). The molecule has 4 N–H and O–H groups in total. The Morgan fingerprint density at radius 3 is 2.00 bits per heavy atom. The Labute approximate surface area is 146 Å². The van der Waals surface area contributed by atoms with Gasteiger partial charge in [-0.05, 0) is 46.9 Å². The van der Waals surface area contributed by atoms with E-state index in [0.29, 0.717) is 31.7 Å². The quantitative estimate of drug-likeness (QED) is 0.698. The van der Waals surface area contributed by atoms with Crippen LogP contribution >= 0.6 is 0 Å². The molecule has 4 heteroatoms. The topological polar surface area (TPSA) is 75.4 Å². The summed E-state index contributed by atoms with van der Waals surface area (Å²) in [4.78, 5) is 11.9. The predicted octanol–water partition coefficient (Wildman–Crippen LogP) is 3.38. The van der Waals surface area contributed by atoms with Crippen LogP contribution in [-0.2, 0) is 22.0 Å². The van der Waals surface area contributed by atoms with Gasteiger partial charge in [0.05, 0.1) is 0 Å². The highest BCUT2D eigenvalue weighted by atomic mass is 16.3. The lowest BCUT2D eigenvalue weighted by Gasteiger charge is -2.28. The first-order valence-corrected chi connectivity index (χ1v) is 8.80. The van der Waals surface area contributed by atoms with E-state index in [2.05, 4.69) is 46.9 Å². The number of carbonyl (C=O) groups excluding carboxylic acids is 1. The first kappa shape index (κ1) is 20.5. The van der Waals surface area contributed by atoms with Gasteiger partial charge in [-0.1, -0.05) is 53.7 Å². The van der Waals surface area contributed by atoms with Gasteiger partial charge in [0, 0.05) is 13.0 Å². The first-order chi connectivity index (χ1) is 11.0. The van der Waals surface area contributed by atoms with E-state index in [-0.39, 0.29) is 16.7 Å². The summed E-state index contributed by atoms with van der Waals surface area (Å²) in [5.74, 6) is 0.428. The van der Waals surface area contributed by atoms with Gasteiger partial charge >= 0.3 is 0 Å². The Morgan fingerprint density at radius 1 is 1.08 bits per heavy atom. The number of hydrogen-bond acceptors (Lipinski definition) is 3. The lowest BCUT2D eigenvalue weighted by Crippen LogP contribution is -2.26. The Balaban J connectivity index is 3.01. The molecule has 1 amide bonds. The fourth-order valence-corrected chi connectivity index (χ4v) is 2.66. The smallest absolute Gasteiger partial charge is 0.220 e. The third-order valence-electron chi connectivity index (χ3n) is 4.13. The average molecular weight is 335 g/mol. The largest absolute Gasteiger partial charge is 0.507 e. The molecule has 0 atom stereocenters. The predicted molar refractivity (Wildman–Crippen MR) is 101 cm³/mol. The highest BCUT2D eigenvalue weighted by molar-refractivity contribution is 5.76. The molecule has 0 saturated carbocycles. The van der Waals surface area contributed by atoms with E-state index in [1.807, 2.05) is 12.1 Å². The van der Waals surface area contributed by atoms with Gasteiger partial charge in [-0.3, -0.25) is 4.79 Å². The third-order valence-corrected chi connectivity index (χ3v) is 4.13. The zero-order chi connectivity index (χ0) is 18.5. The number of aromatic hydroxyl groups is 1. The van der Waals surface area contributed by atoms with Crippen LogP contribution in [0, 0.1) is 0 Å². The van der Waals surface area contributed by atoms with Crippen molar-refractivity contribution in [1.29, 1.82) is 0 Å². The van der Waals surface area contributed by atoms with Crippen LogP contribution in [0.1, 0.15) is 71.1 Å². The summed E-state index contributed by atoms with van der Waals surface area (Å²) < 4.78 is 0. The minimum atomic E-state index is -0.149. The summed E-state index contributed by atoms with van der Waals surface area (Å²) in [6.07, 6.45) is 1.91. The fraction of sp³-hybridized carbons (Fsp3) is 0.650. The van der Waals surface area contributed by atoms with Crippen LogP contribution < -0.4 is 11.1 Å². The first-order valence-electron chi connectivity index (χ1n) is 8.80. The molecule has 24 heavy (non-hydrogen) atoms. The maximum Gasteiger partial charge on any atom is 0.220 e. The van der Waals surface area contributed by atoms with Crippen LogP contribution in [-0.4, -0.2) is 24.1 Å². The fourth-order valence-electron chi connectivity index (χ4n) is 2.66. The number of carbonyl (C=O) groups is 1. The SMILES string of the molecule is CC(C)(C)c1cc(CCC(=O)NCCCN)cc(C(C)(C)C)c1O. The number of benzene rings is 1. The van der Waals surface area contributed by atoms with Crippen molar-refractivity contribution < 1.29 is 9.90 Å². The molecule has 0 unspecified atom stereocenters. The normalized spacial score (nSPS) is 12.3. The molecule has 0 saturated heterocycles. The van der Waals surface area contributed by atoms with Crippen LogP contribution in [0.15, 0.2) is 12.1 Å². The highest BCUT2D eigenvalue weighted by Gasteiger charge is 2.26. The minimum Gasteiger partial charge on any atom is -0.507 e. The maximum atomic E-state index is 11.9. The van der Waals surface area contributed by atoms with Crippen molar-refractivity contribution in [2.75, 3.05) is 13.1 Å². The van der Waals surface area contributed by atoms with Gasteiger partial charge in [-0.15, -0.1) is 0 Å². The number of phenolic OH excluding ortho intramolecular Hbond substituents is 1. The molecule has 0 aliphatic rings. The standard InChI is InChI=1S/C20H34N2O2/c1-19(2,3)15-12-14(8-9-17(23)22-11-7-10-21)13-16(18(15)24)20(4,5)6/h12-13,24H,7-11,21H2,1-6H3,(H,22,23). The number of nitrogens with one attached hydrogen (secondary N) is 1. The number of rotatable bonds is 6. The minimum absolute atomic E-state index is 0.0474. The zero-order valence-electron chi connectivity index (χ0n) is 16.1. The molecule has 0 bridgehead atoms. The molecule has 0 spiro atoms. The number of phenols is 1. The van der Waals surface area contributed by atoms with Crippen LogP contribution in [0.25, 0.3) is 0 Å². The molecule has 1 aromatic carbocycles. The Bertz CT molecular complexity index is 531. The zero-order valence-corrected chi connectivity index (χ0v) is 16.1. The maximum absolute atomic E-state index is 11.9. The third kappa shape index (κ3) is 5.82. The molecule has 0 aliphatic heterocycles. The monoisotopic (exact) mass is 334 g/mol. The van der Waals surface area contributed by atoms with Crippen molar-refractivity contribution in [2.45, 2.75) is 71.6 Å². The summed E-state index contributed by atoms with van der Waals surface area (Å²) in [7, 11) is 0. The average Bonchev–Trinajstić information content (AvgIpc) is 2.44. The van der Waals surface area contributed by atoms with E-state index in [4.69, 9.17) is 5.73 Å². The molecule has 4 nitrogen and oxygen atoms in total. The van der Waals surface area contributed by atoms with Crippen molar-refractivity contribution in [3.05, 3.63) is 28.8 Å². The number of nitrogens with two attached hydrogens (primary N) is 1. The van der Waals surface area contributed by atoms with E-state index in [9.17, 15) is 9.90 Å². The van der Waals surface area contributed by atoms with Crippen molar-refractivity contribution in [2.24, 2.45) is 5.73 Å². The van der Waals surface area contributed by atoms with E-state index in [0.717, 1.165) is 23.1 Å². The molecule has 0 fully saturated rings. The van der Waals surface area contributed by atoms with Gasteiger partial charge in [0.15, 0.2) is 0 Å². The van der Waals surface area contributed by atoms with Crippen LogP contribution in [0.2, 0.25) is 0 Å². The number of aryl methyl sites for hydroxylation is 1. The van der Waals surface area contributed by atoms with Gasteiger partial charge in [0.2, 0.25) is 5.91 Å². The molecular formula is C20H34N2O2. The molecule has 1 aromatic rings. The second-order valence-electron chi connectivity index (χ2n) is 8.53. The van der Waals surface area contributed by atoms with Crippen LogP contribution in [0.5, 0.6) is 5.75 Å². The van der Waals surface area contributed by atoms with Crippen LogP contribution in [0.3, 0.4) is 0 Å². The molecule has 0 radical (unpaired) electrons. The van der Waals surface area contributed by atoms with Gasteiger partial charge in [0.1, 0.15) is 5.75 Å². The summed E-state index contributed by atoms with van der Waals surface area (Å²) in [6.45, 7) is 13.8. The second-order valence-corrected chi connectivity index (χ2v) is 8.53. The Kier molecular flexibility index (Phi) is 6.85. The number of amides is 1. The summed E-state index contributed by atoms with van der Waals surface area (Å²) in [5.41, 5.74) is 8.11. The highest BCUT2D eigenvalue weighted by Crippen LogP contribution is 2.39. The molecule has 0 heterocycles. The van der Waals surface area contributed by atoms with Crippen molar-refractivity contribution in [3.8, 4) is 5.75 Å². The van der Waals surface area contributed by atoms with E-state index in [1.54, 1.807) is 0 Å². The summed E-state index contributed by atoms with van der Waals surface area (Å²) >= 11 is 0. The van der Waals surface area contributed by atoms with Gasteiger partial charge in [-0.25, -0.2) is 0 Å². The molecule has 136 valence electrons. The summed E-state index contributed by atoms with van der Waals surface area (Å²) in [5, 5.41) is 13.6. The molecule has 0 aliphatic carbocycles. The van der Waals surface area contributed by atoms with E-state index in [1.165, 1.54) is 0 Å². The molecular weight excluding hydrogens is 300 g/mol. The van der Waals surface area contributed by atoms with Gasteiger partial charge in [0.25, 0.3) is 0 Å². The number of hydrogen-bond donors (Lipinski definition) is 3. The van der Waals surface area contributed by atoms with Gasteiger partial charge in [-0.2, -0.15) is 0 Å². The van der Waals surface area contributed by atoms with Crippen molar-refractivity contribution in [1.82, 2.24) is 5.32 Å². The van der Waals surface area contributed by atoms with E-state index >= 15 is 0 Å². The molecule has 0 aromatic heterocycles. The lowest BCUT2D eigenvalue weighted by atomic mass is 9.78. The van der Waals surface area contributed by atoms with Gasteiger partial charge < -0.3 is 16.2 Å². The second kappa shape index (κ2) is 8.02. The van der Waals surface area contributed by atoms with E-state index < -0.39 is 0 Å². The Hall–Kier alpha value is -1.55. The van der Waals surface area contributed by atoms with Crippen LogP contribution in [0.4, 0.5) is 0 Å².